The molecular formula is C18H25N3O2. The SMILES string of the molecule is CCCCCCNC(=O)C(=O)NCCc1c[nH]c2ccccc12. The van der Waals surface area contributed by atoms with Crippen molar-refractivity contribution in [2.45, 2.75) is 39.0 Å². The summed E-state index contributed by atoms with van der Waals surface area (Å²) in [6.07, 6.45) is 6.96. The van der Waals surface area contributed by atoms with Crippen molar-refractivity contribution in [2.75, 3.05) is 13.1 Å². The molecular weight excluding hydrogens is 290 g/mol. The van der Waals surface area contributed by atoms with Crippen molar-refractivity contribution in [2.24, 2.45) is 0 Å². The van der Waals surface area contributed by atoms with Crippen LogP contribution in [0.1, 0.15) is 38.2 Å². The zero-order chi connectivity index (χ0) is 16.5. The first-order valence-corrected chi connectivity index (χ1v) is 8.33. The van der Waals surface area contributed by atoms with Crippen LogP contribution in [0.4, 0.5) is 0 Å². The van der Waals surface area contributed by atoms with Crippen LogP contribution in [0.25, 0.3) is 10.9 Å². The topological polar surface area (TPSA) is 74.0 Å². The number of rotatable bonds is 8. The number of fused-ring (bicyclic) bond motifs is 1. The highest BCUT2D eigenvalue weighted by Gasteiger charge is 2.12. The Kier molecular flexibility index (Phi) is 6.66. The van der Waals surface area contributed by atoms with Crippen LogP contribution >= 0.6 is 0 Å². The zero-order valence-electron chi connectivity index (χ0n) is 13.7. The van der Waals surface area contributed by atoms with E-state index in [4.69, 9.17) is 0 Å². The molecule has 0 aliphatic carbocycles. The summed E-state index contributed by atoms with van der Waals surface area (Å²) in [5.74, 6) is -1.10. The fourth-order valence-corrected chi connectivity index (χ4v) is 2.56. The van der Waals surface area contributed by atoms with Crippen LogP contribution in [0, 0.1) is 0 Å². The van der Waals surface area contributed by atoms with E-state index in [0.29, 0.717) is 19.5 Å². The summed E-state index contributed by atoms with van der Waals surface area (Å²) < 4.78 is 0. The number of aromatic nitrogens is 1. The van der Waals surface area contributed by atoms with E-state index in [1.54, 1.807) is 0 Å². The van der Waals surface area contributed by atoms with Gasteiger partial charge in [0, 0.05) is 30.2 Å². The van der Waals surface area contributed by atoms with Gasteiger partial charge in [-0.05, 0) is 24.5 Å². The molecule has 1 aromatic carbocycles. The minimum absolute atomic E-state index is 0.448. The number of carbonyl (C=O) groups excluding carboxylic acids is 2. The maximum atomic E-state index is 11.7. The number of carbonyl (C=O) groups is 2. The number of aromatic amines is 1. The average molecular weight is 315 g/mol. The maximum absolute atomic E-state index is 11.7. The number of benzene rings is 1. The van der Waals surface area contributed by atoms with Crippen LogP contribution in [-0.4, -0.2) is 29.9 Å². The molecule has 2 rings (SSSR count). The van der Waals surface area contributed by atoms with E-state index in [0.717, 1.165) is 42.1 Å². The Labute approximate surface area is 136 Å². The molecule has 0 unspecified atom stereocenters. The Bertz CT molecular complexity index is 649. The second-order valence-electron chi connectivity index (χ2n) is 5.68. The minimum atomic E-state index is -0.555. The van der Waals surface area contributed by atoms with Crippen LogP contribution < -0.4 is 10.6 Å². The van der Waals surface area contributed by atoms with Gasteiger partial charge < -0.3 is 15.6 Å². The monoisotopic (exact) mass is 315 g/mol. The van der Waals surface area contributed by atoms with Gasteiger partial charge in [-0.3, -0.25) is 9.59 Å². The number of nitrogens with one attached hydrogen (secondary N) is 3. The van der Waals surface area contributed by atoms with E-state index in [2.05, 4.69) is 22.5 Å². The van der Waals surface area contributed by atoms with E-state index in [1.807, 2.05) is 30.5 Å². The average Bonchev–Trinajstić information content (AvgIpc) is 2.98. The summed E-state index contributed by atoms with van der Waals surface area (Å²) in [5, 5.41) is 6.48. The largest absolute Gasteiger partial charge is 0.361 e. The summed E-state index contributed by atoms with van der Waals surface area (Å²) in [7, 11) is 0. The number of unbranched alkanes of at least 4 members (excludes halogenated alkanes) is 3. The lowest BCUT2D eigenvalue weighted by atomic mass is 10.1. The maximum Gasteiger partial charge on any atom is 0.309 e. The molecule has 3 N–H and O–H groups in total. The van der Waals surface area contributed by atoms with E-state index < -0.39 is 11.8 Å². The van der Waals surface area contributed by atoms with Crippen LogP contribution in [0.2, 0.25) is 0 Å². The fourth-order valence-electron chi connectivity index (χ4n) is 2.56. The second kappa shape index (κ2) is 8.98. The Balaban J connectivity index is 1.69. The van der Waals surface area contributed by atoms with E-state index >= 15 is 0 Å². The van der Waals surface area contributed by atoms with Gasteiger partial charge in [0.15, 0.2) is 0 Å². The zero-order valence-corrected chi connectivity index (χ0v) is 13.7. The van der Waals surface area contributed by atoms with Gasteiger partial charge in [0.2, 0.25) is 0 Å². The van der Waals surface area contributed by atoms with Crippen molar-refractivity contribution in [3.63, 3.8) is 0 Å². The molecule has 1 heterocycles. The van der Waals surface area contributed by atoms with Gasteiger partial charge in [-0.2, -0.15) is 0 Å². The van der Waals surface area contributed by atoms with Crippen LogP contribution in [0.3, 0.4) is 0 Å². The van der Waals surface area contributed by atoms with Crippen molar-refractivity contribution in [1.29, 1.82) is 0 Å². The molecule has 23 heavy (non-hydrogen) atoms. The lowest BCUT2D eigenvalue weighted by Crippen LogP contribution is -2.40. The van der Waals surface area contributed by atoms with Crippen LogP contribution in [-0.2, 0) is 16.0 Å². The molecule has 0 spiro atoms. The van der Waals surface area contributed by atoms with Crippen LogP contribution in [0.5, 0.6) is 0 Å². The molecule has 124 valence electrons. The molecule has 0 atom stereocenters. The van der Waals surface area contributed by atoms with Crippen molar-refractivity contribution in [3.8, 4) is 0 Å². The molecule has 1 aromatic heterocycles. The van der Waals surface area contributed by atoms with Crippen molar-refractivity contribution in [3.05, 3.63) is 36.0 Å². The number of hydrogen-bond acceptors (Lipinski definition) is 2. The Hall–Kier alpha value is -2.30. The number of para-hydroxylation sites is 1. The highest BCUT2D eigenvalue weighted by atomic mass is 16.2. The number of amides is 2. The summed E-state index contributed by atoms with van der Waals surface area (Å²) in [6, 6.07) is 8.04. The first kappa shape index (κ1) is 17.1. The third-order valence-electron chi connectivity index (χ3n) is 3.88. The minimum Gasteiger partial charge on any atom is -0.361 e. The van der Waals surface area contributed by atoms with Crippen molar-refractivity contribution >= 4 is 22.7 Å². The van der Waals surface area contributed by atoms with E-state index in [-0.39, 0.29) is 0 Å². The molecule has 0 saturated carbocycles. The molecule has 0 fully saturated rings. The second-order valence-corrected chi connectivity index (χ2v) is 5.68. The molecule has 5 nitrogen and oxygen atoms in total. The number of hydrogen-bond donors (Lipinski definition) is 3. The van der Waals surface area contributed by atoms with E-state index in [9.17, 15) is 9.59 Å². The lowest BCUT2D eigenvalue weighted by Gasteiger charge is -2.06. The standard InChI is InChI=1S/C18H25N3O2/c1-2-3-4-7-11-19-17(22)18(23)20-12-10-14-13-21-16-9-6-5-8-15(14)16/h5-6,8-9,13,21H,2-4,7,10-12H2,1H3,(H,19,22)(H,20,23). The Morgan fingerprint density at radius 1 is 1.00 bits per heavy atom. The first-order valence-electron chi connectivity index (χ1n) is 8.33. The normalized spacial score (nSPS) is 10.7. The Morgan fingerprint density at radius 2 is 1.74 bits per heavy atom. The van der Waals surface area contributed by atoms with Crippen molar-refractivity contribution in [1.82, 2.24) is 15.6 Å². The van der Waals surface area contributed by atoms with Gasteiger partial charge in [0.05, 0.1) is 0 Å². The summed E-state index contributed by atoms with van der Waals surface area (Å²) >= 11 is 0. The predicted molar refractivity (Wildman–Crippen MR) is 92.2 cm³/mol. The molecule has 2 aromatic rings. The highest BCUT2D eigenvalue weighted by molar-refractivity contribution is 6.35. The quantitative estimate of drug-likeness (QED) is 0.517. The molecule has 2 amide bonds. The fraction of sp³-hybridized carbons (Fsp3) is 0.444. The molecule has 0 aliphatic heterocycles. The highest BCUT2D eigenvalue weighted by Crippen LogP contribution is 2.17. The molecule has 5 heteroatoms. The van der Waals surface area contributed by atoms with Crippen LogP contribution in [0.15, 0.2) is 30.5 Å². The lowest BCUT2D eigenvalue weighted by molar-refractivity contribution is -0.139. The van der Waals surface area contributed by atoms with Gasteiger partial charge in [-0.1, -0.05) is 44.4 Å². The van der Waals surface area contributed by atoms with Gasteiger partial charge in [0.1, 0.15) is 0 Å². The van der Waals surface area contributed by atoms with Gasteiger partial charge >= 0.3 is 11.8 Å². The molecule has 0 aliphatic rings. The number of H-pyrrole nitrogens is 1. The Morgan fingerprint density at radius 3 is 2.52 bits per heavy atom. The first-order chi connectivity index (χ1) is 11.2. The predicted octanol–water partition coefficient (Wildman–Crippen LogP) is 2.52. The van der Waals surface area contributed by atoms with E-state index in [1.165, 1.54) is 0 Å². The third-order valence-corrected chi connectivity index (χ3v) is 3.88. The third kappa shape index (κ3) is 5.13. The summed E-state index contributed by atoms with van der Waals surface area (Å²) in [4.78, 5) is 26.6. The molecule has 0 bridgehead atoms. The molecule has 0 saturated heterocycles. The molecule has 0 radical (unpaired) electrons. The van der Waals surface area contributed by atoms with Crippen molar-refractivity contribution < 1.29 is 9.59 Å². The van der Waals surface area contributed by atoms with Gasteiger partial charge in [0.25, 0.3) is 0 Å². The summed E-state index contributed by atoms with van der Waals surface area (Å²) in [5.41, 5.74) is 2.22. The van der Waals surface area contributed by atoms with Gasteiger partial charge in [-0.25, -0.2) is 0 Å². The smallest absolute Gasteiger partial charge is 0.309 e. The summed E-state index contributed by atoms with van der Waals surface area (Å²) in [6.45, 7) is 3.15. The van der Waals surface area contributed by atoms with Gasteiger partial charge in [-0.15, -0.1) is 0 Å².